The molecule has 2 saturated carbocycles. The molecule has 0 heterocycles. The Balaban J connectivity index is 1.42. The normalized spacial score (nSPS) is 33.4. The molecule has 0 radical (unpaired) electrons. The van der Waals surface area contributed by atoms with Crippen molar-refractivity contribution in [3.63, 3.8) is 0 Å². The summed E-state index contributed by atoms with van der Waals surface area (Å²) in [5.74, 6) is 3.00. The molecule has 0 amide bonds. The van der Waals surface area contributed by atoms with Crippen molar-refractivity contribution in [3.8, 4) is 0 Å². The van der Waals surface area contributed by atoms with E-state index in [0.717, 1.165) is 43.3 Å². The molecule has 0 saturated heterocycles. The second-order valence-corrected chi connectivity index (χ2v) is 9.49. The molecule has 1 aromatic rings. The van der Waals surface area contributed by atoms with E-state index < -0.39 is 0 Å². The van der Waals surface area contributed by atoms with E-state index in [0.29, 0.717) is 17.9 Å². The van der Waals surface area contributed by atoms with E-state index in [1.165, 1.54) is 62.5 Å². The van der Waals surface area contributed by atoms with Crippen LogP contribution in [-0.4, -0.2) is 12.7 Å². The van der Waals surface area contributed by atoms with Crippen LogP contribution in [0.5, 0.6) is 0 Å². The molecule has 2 fully saturated rings. The van der Waals surface area contributed by atoms with Crippen LogP contribution < -0.4 is 0 Å². The Morgan fingerprint density at radius 1 is 1.00 bits per heavy atom. The molecule has 4 rings (SSSR count). The first kappa shape index (κ1) is 19.4. The maximum Gasteiger partial charge on any atom is 0.126 e. The summed E-state index contributed by atoms with van der Waals surface area (Å²) in [7, 11) is 0. The molecule has 5 unspecified atom stereocenters. The molecule has 1 aromatic carbocycles. The third-order valence-corrected chi connectivity index (χ3v) is 7.80. The summed E-state index contributed by atoms with van der Waals surface area (Å²) in [5.41, 5.74) is 3.64. The summed E-state index contributed by atoms with van der Waals surface area (Å²) in [6, 6.07) is 4.28. The van der Waals surface area contributed by atoms with Crippen LogP contribution in [0.4, 0.5) is 4.39 Å². The van der Waals surface area contributed by atoms with Gasteiger partial charge in [-0.15, -0.1) is 0 Å². The van der Waals surface area contributed by atoms with Gasteiger partial charge in [0.15, 0.2) is 0 Å². The Morgan fingerprint density at radius 3 is 2.63 bits per heavy atom. The predicted molar refractivity (Wildman–Crippen MR) is 110 cm³/mol. The average Bonchev–Trinajstić information content (AvgIpc) is 2.71. The fourth-order valence-electron chi connectivity index (χ4n) is 6.09. The molecule has 0 aliphatic heterocycles. The highest BCUT2D eigenvalue weighted by Gasteiger charge is 2.36. The number of aryl methyl sites for hydroxylation is 1. The molecular weight excluding hydrogens is 335 g/mol. The number of ether oxygens (including phenoxy) is 1. The molecular formula is C25H37FO. The SMILES string of the molecule is CCCOC1CCC2CC(c3cc(F)c4c(c3)CCC(CC)C4)CCC2C1. The van der Waals surface area contributed by atoms with E-state index in [1.54, 1.807) is 0 Å². The predicted octanol–water partition coefficient (Wildman–Crippen LogP) is 6.82. The van der Waals surface area contributed by atoms with Crippen LogP contribution in [0.2, 0.25) is 0 Å². The van der Waals surface area contributed by atoms with Crippen LogP contribution >= 0.6 is 0 Å². The van der Waals surface area contributed by atoms with Gasteiger partial charge in [-0.25, -0.2) is 4.39 Å². The van der Waals surface area contributed by atoms with Gasteiger partial charge >= 0.3 is 0 Å². The number of benzene rings is 1. The Kier molecular flexibility index (Phi) is 6.21. The van der Waals surface area contributed by atoms with E-state index in [4.69, 9.17) is 4.74 Å². The van der Waals surface area contributed by atoms with Gasteiger partial charge in [-0.2, -0.15) is 0 Å². The van der Waals surface area contributed by atoms with Crippen LogP contribution in [0, 0.1) is 23.6 Å². The molecule has 0 N–H and O–H groups in total. The molecule has 1 nitrogen and oxygen atoms in total. The zero-order valence-corrected chi connectivity index (χ0v) is 17.3. The number of hydrogen-bond acceptors (Lipinski definition) is 1. The van der Waals surface area contributed by atoms with Gasteiger partial charge in [0.2, 0.25) is 0 Å². The summed E-state index contributed by atoms with van der Waals surface area (Å²) in [5, 5.41) is 0. The van der Waals surface area contributed by atoms with Crippen molar-refractivity contribution in [2.75, 3.05) is 6.61 Å². The van der Waals surface area contributed by atoms with E-state index in [9.17, 15) is 4.39 Å². The smallest absolute Gasteiger partial charge is 0.126 e. The monoisotopic (exact) mass is 372 g/mol. The van der Waals surface area contributed by atoms with Gasteiger partial charge in [0, 0.05) is 6.61 Å². The second-order valence-electron chi connectivity index (χ2n) is 9.49. The lowest BCUT2D eigenvalue weighted by Crippen LogP contribution is -2.34. The van der Waals surface area contributed by atoms with Crippen LogP contribution in [0.25, 0.3) is 0 Å². The Labute approximate surface area is 165 Å². The number of fused-ring (bicyclic) bond motifs is 2. The van der Waals surface area contributed by atoms with Gasteiger partial charge in [-0.1, -0.05) is 26.3 Å². The fraction of sp³-hybridized carbons (Fsp3) is 0.760. The van der Waals surface area contributed by atoms with Crippen molar-refractivity contribution in [3.05, 3.63) is 34.6 Å². The van der Waals surface area contributed by atoms with E-state index in [2.05, 4.69) is 19.9 Å². The molecule has 2 heteroatoms. The third-order valence-electron chi connectivity index (χ3n) is 7.80. The largest absolute Gasteiger partial charge is 0.378 e. The lowest BCUT2D eigenvalue weighted by atomic mass is 9.65. The van der Waals surface area contributed by atoms with E-state index >= 15 is 0 Å². The van der Waals surface area contributed by atoms with Crippen molar-refractivity contribution in [1.82, 2.24) is 0 Å². The summed E-state index contributed by atoms with van der Waals surface area (Å²) in [6.45, 7) is 5.34. The van der Waals surface area contributed by atoms with E-state index in [-0.39, 0.29) is 5.82 Å². The first-order valence-electron chi connectivity index (χ1n) is 11.6. The molecule has 0 spiro atoms. The summed E-state index contributed by atoms with van der Waals surface area (Å²) < 4.78 is 20.9. The molecule has 5 atom stereocenters. The summed E-state index contributed by atoms with van der Waals surface area (Å²) in [4.78, 5) is 0. The molecule has 3 aliphatic carbocycles. The summed E-state index contributed by atoms with van der Waals surface area (Å²) >= 11 is 0. The van der Waals surface area contributed by atoms with Gasteiger partial charge in [0.25, 0.3) is 0 Å². The zero-order valence-electron chi connectivity index (χ0n) is 17.3. The van der Waals surface area contributed by atoms with Gasteiger partial charge in [0.1, 0.15) is 5.82 Å². The van der Waals surface area contributed by atoms with Crippen molar-refractivity contribution in [1.29, 1.82) is 0 Å². The Morgan fingerprint density at radius 2 is 1.81 bits per heavy atom. The first-order chi connectivity index (χ1) is 13.2. The molecule has 3 aliphatic rings. The van der Waals surface area contributed by atoms with Gasteiger partial charge in [-0.05, 0) is 111 Å². The average molecular weight is 373 g/mol. The van der Waals surface area contributed by atoms with Gasteiger partial charge < -0.3 is 4.74 Å². The molecule has 0 aromatic heterocycles. The quantitative estimate of drug-likeness (QED) is 0.551. The topological polar surface area (TPSA) is 9.23 Å². The van der Waals surface area contributed by atoms with Crippen LogP contribution in [-0.2, 0) is 17.6 Å². The van der Waals surface area contributed by atoms with Crippen molar-refractivity contribution < 1.29 is 9.13 Å². The maximum absolute atomic E-state index is 14.9. The lowest BCUT2D eigenvalue weighted by molar-refractivity contribution is -0.0147. The minimum absolute atomic E-state index is 0.0828. The standard InChI is InChI=1S/C25H37FO/c1-3-11-27-23-10-9-18-13-19(7-8-20(18)15-23)22-14-21-6-5-17(4-2)12-24(21)25(26)16-22/h14,16-20,23H,3-13,15H2,1-2H3. The highest BCUT2D eigenvalue weighted by molar-refractivity contribution is 5.37. The third kappa shape index (κ3) is 4.26. The Hall–Kier alpha value is -0.890. The van der Waals surface area contributed by atoms with Crippen LogP contribution in [0.15, 0.2) is 12.1 Å². The number of halogens is 1. The summed E-state index contributed by atoms with van der Waals surface area (Å²) in [6.07, 6.45) is 13.7. The van der Waals surface area contributed by atoms with Crippen molar-refractivity contribution in [2.45, 2.75) is 96.5 Å². The van der Waals surface area contributed by atoms with Gasteiger partial charge in [-0.3, -0.25) is 0 Å². The van der Waals surface area contributed by atoms with Crippen molar-refractivity contribution in [2.24, 2.45) is 17.8 Å². The number of hydrogen-bond donors (Lipinski definition) is 0. The highest BCUT2D eigenvalue weighted by atomic mass is 19.1. The maximum atomic E-state index is 14.9. The first-order valence-corrected chi connectivity index (χ1v) is 11.6. The molecule has 0 bridgehead atoms. The Bertz CT molecular complexity index is 639. The van der Waals surface area contributed by atoms with Gasteiger partial charge in [0.05, 0.1) is 6.10 Å². The minimum atomic E-state index is 0.0828. The zero-order chi connectivity index (χ0) is 18.8. The molecule has 150 valence electrons. The number of rotatable bonds is 5. The highest BCUT2D eigenvalue weighted by Crippen LogP contribution is 2.47. The lowest BCUT2D eigenvalue weighted by Gasteiger charge is -2.42. The van der Waals surface area contributed by atoms with Crippen LogP contribution in [0.3, 0.4) is 0 Å². The molecule has 27 heavy (non-hydrogen) atoms. The second kappa shape index (κ2) is 8.64. The van der Waals surface area contributed by atoms with E-state index in [1.807, 2.05) is 6.07 Å². The fourth-order valence-corrected chi connectivity index (χ4v) is 6.09. The van der Waals surface area contributed by atoms with Crippen molar-refractivity contribution >= 4 is 0 Å². The van der Waals surface area contributed by atoms with Crippen LogP contribution in [0.1, 0.15) is 94.2 Å². The minimum Gasteiger partial charge on any atom is -0.378 e.